The Bertz CT molecular complexity index is 1040. The predicted octanol–water partition coefficient (Wildman–Crippen LogP) is 6.29. The number of Topliss-reactive ketones (excluding diaryl/α,β-unsaturated/α-hetero) is 1. The number of rotatable bonds is 8. The molecule has 174 valence electrons. The van der Waals surface area contributed by atoms with Crippen molar-refractivity contribution in [3.05, 3.63) is 64.0 Å². The Balaban J connectivity index is 1.39. The molecule has 1 fully saturated rings. The fourth-order valence-corrected chi connectivity index (χ4v) is 5.83. The topological polar surface area (TPSA) is 40.6 Å². The molecule has 2 aliphatic heterocycles. The van der Waals surface area contributed by atoms with Crippen molar-refractivity contribution in [3.63, 3.8) is 0 Å². The van der Waals surface area contributed by atoms with Crippen LogP contribution >= 0.6 is 23.4 Å². The van der Waals surface area contributed by atoms with E-state index in [4.69, 9.17) is 11.6 Å². The molecule has 0 radical (unpaired) electrons. The third kappa shape index (κ3) is 6.50. The van der Waals surface area contributed by atoms with Crippen LogP contribution in [0.25, 0.3) is 6.08 Å². The SMILES string of the molecule is CC1CCCN(CCCCC(=O)CN2C(=O)/C(=C\c3cccc(Cl)c3)Sc3ccccc32)C1. The fraction of sp³-hybridized carbons (Fsp3) is 0.407. The largest absolute Gasteiger partial charge is 0.303 e. The lowest BCUT2D eigenvalue weighted by molar-refractivity contribution is -0.121. The molecule has 6 heteroatoms. The highest BCUT2D eigenvalue weighted by atomic mass is 35.5. The highest BCUT2D eigenvalue weighted by molar-refractivity contribution is 8.04. The first-order valence-corrected chi connectivity index (χ1v) is 13.0. The zero-order valence-corrected chi connectivity index (χ0v) is 20.7. The molecule has 0 spiro atoms. The van der Waals surface area contributed by atoms with E-state index in [0.717, 1.165) is 41.5 Å². The van der Waals surface area contributed by atoms with Gasteiger partial charge in [-0.2, -0.15) is 0 Å². The number of halogens is 1. The summed E-state index contributed by atoms with van der Waals surface area (Å²) < 4.78 is 0. The number of thioether (sulfide) groups is 1. The van der Waals surface area contributed by atoms with Crippen molar-refractivity contribution >= 4 is 46.8 Å². The maximum Gasteiger partial charge on any atom is 0.265 e. The molecule has 0 bridgehead atoms. The molecule has 2 aromatic rings. The Morgan fingerprint density at radius 3 is 2.85 bits per heavy atom. The van der Waals surface area contributed by atoms with E-state index in [9.17, 15) is 9.59 Å². The molecule has 0 saturated carbocycles. The van der Waals surface area contributed by atoms with Crippen LogP contribution in [-0.4, -0.2) is 42.8 Å². The number of piperidine rings is 1. The predicted molar refractivity (Wildman–Crippen MR) is 138 cm³/mol. The maximum atomic E-state index is 13.3. The average Bonchev–Trinajstić information content (AvgIpc) is 2.79. The average molecular weight is 483 g/mol. The Hall–Kier alpha value is -2.08. The summed E-state index contributed by atoms with van der Waals surface area (Å²) in [5.74, 6) is 0.756. The van der Waals surface area contributed by atoms with Gasteiger partial charge in [0, 0.05) is 22.9 Å². The third-order valence-electron chi connectivity index (χ3n) is 6.23. The molecule has 1 atom stereocenters. The Morgan fingerprint density at radius 2 is 2.03 bits per heavy atom. The minimum Gasteiger partial charge on any atom is -0.303 e. The number of amides is 1. The van der Waals surface area contributed by atoms with Gasteiger partial charge in [-0.3, -0.25) is 14.5 Å². The van der Waals surface area contributed by atoms with E-state index in [-0.39, 0.29) is 18.2 Å². The van der Waals surface area contributed by atoms with Gasteiger partial charge in [-0.25, -0.2) is 0 Å². The number of para-hydroxylation sites is 1. The van der Waals surface area contributed by atoms with E-state index < -0.39 is 0 Å². The van der Waals surface area contributed by atoms with Crippen LogP contribution in [0.15, 0.2) is 58.3 Å². The van der Waals surface area contributed by atoms with Gasteiger partial charge in [0.05, 0.1) is 17.1 Å². The molecule has 0 aliphatic carbocycles. The molecular weight excluding hydrogens is 452 g/mol. The van der Waals surface area contributed by atoms with E-state index >= 15 is 0 Å². The number of anilines is 1. The third-order valence-corrected chi connectivity index (χ3v) is 7.55. The molecule has 1 saturated heterocycles. The molecule has 2 aliphatic rings. The second kappa shape index (κ2) is 11.4. The van der Waals surface area contributed by atoms with Crippen molar-refractivity contribution < 1.29 is 9.59 Å². The Kier molecular flexibility index (Phi) is 8.29. The number of carbonyl (C=O) groups is 2. The van der Waals surface area contributed by atoms with Gasteiger partial charge in [0.15, 0.2) is 5.78 Å². The molecule has 0 N–H and O–H groups in total. The zero-order chi connectivity index (χ0) is 23.2. The van der Waals surface area contributed by atoms with E-state index in [0.29, 0.717) is 16.3 Å². The number of likely N-dealkylation sites (tertiary alicyclic amines) is 1. The van der Waals surface area contributed by atoms with Gasteiger partial charge >= 0.3 is 0 Å². The minimum atomic E-state index is -0.130. The lowest BCUT2D eigenvalue weighted by atomic mass is 10.00. The molecule has 4 rings (SSSR count). The summed E-state index contributed by atoms with van der Waals surface area (Å²) in [6.45, 7) is 5.84. The van der Waals surface area contributed by atoms with Crippen LogP contribution in [-0.2, 0) is 9.59 Å². The number of fused-ring (bicyclic) bond motifs is 1. The van der Waals surface area contributed by atoms with Crippen molar-refractivity contribution in [2.75, 3.05) is 31.1 Å². The molecule has 2 heterocycles. The van der Waals surface area contributed by atoms with Crippen LogP contribution in [0.5, 0.6) is 0 Å². The van der Waals surface area contributed by atoms with E-state index in [1.54, 1.807) is 4.90 Å². The summed E-state index contributed by atoms with van der Waals surface area (Å²) in [4.78, 5) is 31.9. The summed E-state index contributed by atoms with van der Waals surface area (Å²) in [6, 6.07) is 15.2. The van der Waals surface area contributed by atoms with Crippen LogP contribution in [0.3, 0.4) is 0 Å². The molecule has 1 unspecified atom stereocenters. The second-order valence-corrected chi connectivity index (χ2v) is 10.6. The Morgan fingerprint density at radius 1 is 1.18 bits per heavy atom. The molecular formula is C27H31ClN2O2S. The van der Waals surface area contributed by atoms with Crippen molar-refractivity contribution in [2.24, 2.45) is 5.92 Å². The number of hydrogen-bond donors (Lipinski definition) is 0. The van der Waals surface area contributed by atoms with Crippen molar-refractivity contribution in [1.29, 1.82) is 0 Å². The molecule has 33 heavy (non-hydrogen) atoms. The van der Waals surface area contributed by atoms with Crippen LogP contribution in [0.2, 0.25) is 5.02 Å². The van der Waals surface area contributed by atoms with Gasteiger partial charge in [0.1, 0.15) is 0 Å². The minimum absolute atomic E-state index is 0.110. The molecule has 1 amide bonds. The number of unbranched alkanes of at least 4 members (excludes halogenated alkanes) is 1. The number of nitrogens with zero attached hydrogens (tertiary/aromatic N) is 2. The maximum absolute atomic E-state index is 13.3. The van der Waals surface area contributed by atoms with Crippen LogP contribution in [0, 0.1) is 5.92 Å². The monoisotopic (exact) mass is 482 g/mol. The summed E-state index contributed by atoms with van der Waals surface area (Å²) in [6.07, 6.45) is 6.86. The van der Waals surface area contributed by atoms with Gasteiger partial charge in [0.25, 0.3) is 5.91 Å². The van der Waals surface area contributed by atoms with E-state index in [2.05, 4.69) is 11.8 Å². The lowest BCUT2D eigenvalue weighted by Gasteiger charge is -2.31. The summed E-state index contributed by atoms with van der Waals surface area (Å²) in [7, 11) is 0. The standard InChI is InChI=1S/C27H31ClN2O2S/c1-20-8-7-15-29(18-20)14-5-4-11-23(31)19-30-24-12-2-3-13-25(24)33-26(27(30)32)17-21-9-6-10-22(28)16-21/h2-3,6,9-10,12-13,16-17,20H,4-5,7-8,11,14-15,18-19H2,1H3/b26-17+. The number of benzene rings is 2. The van der Waals surface area contributed by atoms with Gasteiger partial charge in [0.2, 0.25) is 0 Å². The summed E-state index contributed by atoms with van der Waals surface area (Å²) in [5.41, 5.74) is 1.68. The van der Waals surface area contributed by atoms with Gasteiger partial charge in [-0.15, -0.1) is 0 Å². The lowest BCUT2D eigenvalue weighted by Crippen LogP contribution is -2.38. The quantitative estimate of drug-likeness (QED) is 0.327. The first kappa shape index (κ1) is 24.1. The fourth-order valence-electron chi connectivity index (χ4n) is 4.57. The Labute approximate surface area is 206 Å². The van der Waals surface area contributed by atoms with Crippen molar-refractivity contribution in [3.8, 4) is 0 Å². The van der Waals surface area contributed by atoms with Crippen LogP contribution in [0.1, 0.15) is 44.6 Å². The molecule has 4 nitrogen and oxygen atoms in total. The van der Waals surface area contributed by atoms with Gasteiger partial charge in [-0.05, 0) is 80.6 Å². The number of ketones is 1. The summed E-state index contributed by atoms with van der Waals surface area (Å²) >= 11 is 7.56. The summed E-state index contributed by atoms with van der Waals surface area (Å²) in [5, 5.41) is 0.629. The van der Waals surface area contributed by atoms with Crippen molar-refractivity contribution in [1.82, 2.24) is 4.90 Å². The molecule has 0 aromatic heterocycles. The van der Waals surface area contributed by atoms with E-state index in [1.807, 2.05) is 54.6 Å². The van der Waals surface area contributed by atoms with Gasteiger partial charge < -0.3 is 4.90 Å². The highest BCUT2D eigenvalue weighted by Crippen LogP contribution is 2.42. The zero-order valence-electron chi connectivity index (χ0n) is 19.1. The smallest absolute Gasteiger partial charge is 0.265 e. The van der Waals surface area contributed by atoms with E-state index in [1.165, 1.54) is 37.7 Å². The first-order valence-electron chi connectivity index (χ1n) is 11.8. The first-order chi connectivity index (χ1) is 16.0. The second-order valence-electron chi connectivity index (χ2n) is 9.07. The normalized spacial score (nSPS) is 20.2. The van der Waals surface area contributed by atoms with Crippen LogP contribution in [0.4, 0.5) is 5.69 Å². The highest BCUT2D eigenvalue weighted by Gasteiger charge is 2.30. The molecule has 2 aromatic carbocycles. The number of hydrogen-bond acceptors (Lipinski definition) is 4. The van der Waals surface area contributed by atoms with Crippen molar-refractivity contribution in [2.45, 2.75) is 43.9 Å². The number of carbonyl (C=O) groups excluding carboxylic acids is 2. The van der Waals surface area contributed by atoms with Crippen LogP contribution < -0.4 is 4.90 Å². The van der Waals surface area contributed by atoms with Gasteiger partial charge in [-0.1, -0.05) is 54.6 Å².